The summed E-state index contributed by atoms with van der Waals surface area (Å²) < 4.78 is 0. The zero-order chi connectivity index (χ0) is 27.1. The first kappa shape index (κ1) is 31.9. The lowest BCUT2D eigenvalue weighted by atomic mass is 9.84. The first-order valence-corrected chi connectivity index (χ1v) is 13.9. The lowest BCUT2D eigenvalue weighted by molar-refractivity contribution is 0.135. The van der Waals surface area contributed by atoms with E-state index in [2.05, 4.69) is 94.8 Å². The fourth-order valence-electron chi connectivity index (χ4n) is 5.04. The highest BCUT2D eigenvalue weighted by atomic mass is 16.3. The highest BCUT2D eigenvalue weighted by Crippen LogP contribution is 2.25. The number of nitrogens with zero attached hydrogens (tertiary/aromatic N) is 3. The average Bonchev–Trinajstić information content (AvgIpc) is 3.05. The molecule has 1 aliphatic rings. The molecular formula is C32H53N3O. The number of allylic oxidation sites excluding steroid dienone is 4. The van der Waals surface area contributed by atoms with E-state index in [0.717, 1.165) is 38.3 Å². The van der Waals surface area contributed by atoms with E-state index in [1.165, 1.54) is 30.7 Å². The monoisotopic (exact) mass is 495 g/mol. The minimum absolute atomic E-state index is 0.360. The van der Waals surface area contributed by atoms with Gasteiger partial charge < -0.3 is 5.11 Å². The summed E-state index contributed by atoms with van der Waals surface area (Å²) in [4.78, 5) is 10.3. The Balaban J connectivity index is 0.00000316. The molecule has 0 aliphatic carbocycles. The number of hydrogen-bond acceptors (Lipinski definition) is 4. The predicted molar refractivity (Wildman–Crippen MR) is 160 cm³/mol. The van der Waals surface area contributed by atoms with Gasteiger partial charge in [0, 0.05) is 31.4 Å². The summed E-state index contributed by atoms with van der Waals surface area (Å²) in [6, 6.07) is 9.12. The van der Waals surface area contributed by atoms with E-state index in [4.69, 9.17) is 4.99 Å². The number of aliphatic imine (C=N–C) groups is 1. The van der Waals surface area contributed by atoms with Crippen LogP contribution in [0, 0.1) is 17.8 Å². The minimum atomic E-state index is 0.360. The van der Waals surface area contributed by atoms with Crippen LogP contribution in [0.25, 0.3) is 0 Å². The summed E-state index contributed by atoms with van der Waals surface area (Å²) in [5.74, 6) is 2.06. The van der Waals surface area contributed by atoms with Crippen LogP contribution >= 0.6 is 0 Å². The standard InChI is InChI=1S/C30H49N3O.C2H4/c1-8-28-16-10-11-17-30(28)31-25(5)21-32-18-13-19-33(29(9-2)22-32)20-24(4)27(7)23(3)14-12-15-26(6)34;1-2/h10-12,14-17,23-24,27,29,34H,8-9,13,18-22H2,1-7H3;1-2H2/b14-12-,26-15+,31-25?;/t23?,24?,27-,29?;/m1./s1. The third kappa shape index (κ3) is 10.8. The maximum absolute atomic E-state index is 9.38. The van der Waals surface area contributed by atoms with Crippen molar-refractivity contribution in [2.45, 2.75) is 73.8 Å². The molecular weight excluding hydrogens is 442 g/mol. The van der Waals surface area contributed by atoms with Crippen molar-refractivity contribution in [2.24, 2.45) is 22.7 Å². The summed E-state index contributed by atoms with van der Waals surface area (Å²) in [6.07, 6.45) is 9.41. The molecule has 1 N–H and O–H groups in total. The molecule has 0 amide bonds. The third-order valence-corrected chi connectivity index (χ3v) is 7.51. The Morgan fingerprint density at radius 2 is 1.83 bits per heavy atom. The van der Waals surface area contributed by atoms with Crippen molar-refractivity contribution in [1.82, 2.24) is 9.80 Å². The van der Waals surface area contributed by atoms with Gasteiger partial charge in [0.2, 0.25) is 0 Å². The third-order valence-electron chi connectivity index (χ3n) is 7.51. The normalized spacial score (nSPS) is 20.9. The Morgan fingerprint density at radius 1 is 1.14 bits per heavy atom. The van der Waals surface area contributed by atoms with Gasteiger partial charge in [-0.05, 0) is 81.7 Å². The molecule has 1 saturated heterocycles. The van der Waals surface area contributed by atoms with Crippen molar-refractivity contribution in [3.8, 4) is 0 Å². The molecule has 1 heterocycles. The number of rotatable bonds is 11. The SMILES string of the molecule is C=C.CCc1ccccc1N=C(C)CN1CCCN(CC(C)[C@H](C)C(C)/C=C\C=C(/C)O)C(CC)C1. The van der Waals surface area contributed by atoms with E-state index in [-0.39, 0.29) is 0 Å². The summed E-state index contributed by atoms with van der Waals surface area (Å²) in [5, 5.41) is 9.38. The van der Waals surface area contributed by atoms with Gasteiger partial charge in [0.25, 0.3) is 0 Å². The van der Waals surface area contributed by atoms with E-state index >= 15 is 0 Å². The van der Waals surface area contributed by atoms with E-state index in [1.807, 2.05) is 6.08 Å². The molecule has 2 rings (SSSR count). The quantitative estimate of drug-likeness (QED) is 0.147. The van der Waals surface area contributed by atoms with Crippen molar-refractivity contribution >= 4 is 11.4 Å². The first-order chi connectivity index (χ1) is 17.2. The number of para-hydroxylation sites is 1. The molecule has 4 heteroatoms. The summed E-state index contributed by atoms with van der Waals surface area (Å²) in [6.45, 7) is 27.0. The lowest BCUT2D eigenvalue weighted by Gasteiger charge is -2.35. The molecule has 0 radical (unpaired) electrons. The molecule has 3 unspecified atom stereocenters. The second-order valence-electron chi connectivity index (χ2n) is 10.4. The fraction of sp³-hybridized carbons (Fsp3) is 0.594. The van der Waals surface area contributed by atoms with E-state index in [9.17, 15) is 5.11 Å². The summed E-state index contributed by atoms with van der Waals surface area (Å²) >= 11 is 0. The number of aliphatic hydroxyl groups is 1. The zero-order valence-electron chi connectivity index (χ0n) is 24.2. The van der Waals surface area contributed by atoms with Gasteiger partial charge in [0.15, 0.2) is 0 Å². The predicted octanol–water partition coefficient (Wildman–Crippen LogP) is 7.86. The fourth-order valence-corrected chi connectivity index (χ4v) is 5.04. The van der Waals surface area contributed by atoms with Crippen LogP contribution in [0.15, 0.2) is 66.4 Å². The number of aliphatic hydroxyl groups excluding tert-OH is 1. The molecule has 1 fully saturated rings. The molecule has 0 bridgehead atoms. The van der Waals surface area contributed by atoms with Gasteiger partial charge in [-0.25, -0.2) is 0 Å². The second kappa shape index (κ2) is 17.3. The summed E-state index contributed by atoms with van der Waals surface area (Å²) in [7, 11) is 0. The van der Waals surface area contributed by atoms with Gasteiger partial charge >= 0.3 is 0 Å². The maximum Gasteiger partial charge on any atom is 0.0891 e. The van der Waals surface area contributed by atoms with Gasteiger partial charge in [0.1, 0.15) is 0 Å². The van der Waals surface area contributed by atoms with Gasteiger partial charge in [-0.15, -0.1) is 13.2 Å². The van der Waals surface area contributed by atoms with Crippen molar-refractivity contribution in [2.75, 3.05) is 32.7 Å². The van der Waals surface area contributed by atoms with Crippen LogP contribution in [0.5, 0.6) is 0 Å². The van der Waals surface area contributed by atoms with Crippen LogP contribution in [0.4, 0.5) is 5.69 Å². The molecule has 4 nitrogen and oxygen atoms in total. The number of aryl methyl sites for hydroxylation is 1. The van der Waals surface area contributed by atoms with Crippen LogP contribution in [-0.2, 0) is 6.42 Å². The van der Waals surface area contributed by atoms with Crippen LogP contribution in [0.3, 0.4) is 0 Å². The van der Waals surface area contributed by atoms with Crippen molar-refractivity contribution < 1.29 is 5.11 Å². The summed E-state index contributed by atoms with van der Waals surface area (Å²) in [5.41, 5.74) is 3.66. The van der Waals surface area contributed by atoms with E-state index < -0.39 is 0 Å². The number of benzene rings is 1. The Hall–Kier alpha value is -2.17. The van der Waals surface area contributed by atoms with Crippen LogP contribution in [0.1, 0.15) is 66.9 Å². The van der Waals surface area contributed by atoms with Crippen molar-refractivity contribution in [1.29, 1.82) is 0 Å². The van der Waals surface area contributed by atoms with Crippen LogP contribution in [-0.4, -0.2) is 59.4 Å². The zero-order valence-corrected chi connectivity index (χ0v) is 24.2. The smallest absolute Gasteiger partial charge is 0.0891 e. The molecule has 0 saturated carbocycles. The Labute approximate surface area is 222 Å². The van der Waals surface area contributed by atoms with Gasteiger partial charge in [-0.2, -0.15) is 0 Å². The molecule has 1 aromatic rings. The lowest BCUT2D eigenvalue weighted by Crippen LogP contribution is -2.44. The second-order valence-corrected chi connectivity index (χ2v) is 10.4. The molecule has 1 aliphatic heterocycles. The van der Waals surface area contributed by atoms with Gasteiger partial charge in [0.05, 0.1) is 11.4 Å². The highest BCUT2D eigenvalue weighted by molar-refractivity contribution is 5.86. The molecule has 36 heavy (non-hydrogen) atoms. The van der Waals surface area contributed by atoms with E-state index in [1.54, 1.807) is 13.0 Å². The largest absolute Gasteiger partial charge is 0.513 e. The van der Waals surface area contributed by atoms with Crippen LogP contribution in [0.2, 0.25) is 0 Å². The number of hydrogen-bond donors (Lipinski definition) is 1. The molecule has 0 aromatic heterocycles. The molecule has 0 spiro atoms. The Morgan fingerprint density at radius 3 is 2.47 bits per heavy atom. The molecule has 4 atom stereocenters. The average molecular weight is 496 g/mol. The maximum atomic E-state index is 9.38. The Kier molecular flexibility index (Phi) is 15.3. The molecule has 1 aromatic carbocycles. The topological polar surface area (TPSA) is 39.1 Å². The van der Waals surface area contributed by atoms with E-state index in [0.29, 0.717) is 29.6 Å². The van der Waals surface area contributed by atoms with Gasteiger partial charge in [-0.3, -0.25) is 14.8 Å². The molecule has 202 valence electrons. The Bertz CT molecular complexity index is 840. The van der Waals surface area contributed by atoms with Crippen LogP contribution < -0.4 is 0 Å². The van der Waals surface area contributed by atoms with Gasteiger partial charge in [-0.1, -0.05) is 65.0 Å². The highest BCUT2D eigenvalue weighted by Gasteiger charge is 2.27. The van der Waals surface area contributed by atoms with Crippen molar-refractivity contribution in [3.63, 3.8) is 0 Å². The minimum Gasteiger partial charge on any atom is -0.513 e. The first-order valence-electron chi connectivity index (χ1n) is 13.9. The van der Waals surface area contributed by atoms with Crippen molar-refractivity contribution in [3.05, 3.63) is 67.0 Å².